The van der Waals surface area contributed by atoms with Gasteiger partial charge in [0.25, 0.3) is 0 Å². The Balaban J connectivity index is 2.79. The zero-order valence-corrected chi connectivity index (χ0v) is 6.87. The van der Waals surface area contributed by atoms with Gasteiger partial charge < -0.3 is 10.3 Å². The van der Waals surface area contributed by atoms with Crippen molar-refractivity contribution >= 4 is 24.5 Å². The van der Waals surface area contributed by atoms with Crippen LogP contribution in [0.25, 0.3) is 0 Å². The summed E-state index contributed by atoms with van der Waals surface area (Å²) in [6, 6.07) is 7.10. The van der Waals surface area contributed by atoms with Gasteiger partial charge in [0, 0.05) is 12.6 Å². The number of benzene rings is 1. The van der Waals surface area contributed by atoms with E-state index in [9.17, 15) is 4.79 Å². The van der Waals surface area contributed by atoms with E-state index < -0.39 is 0 Å². The Bertz CT molecular complexity index is 288. The highest BCUT2D eigenvalue weighted by molar-refractivity contribution is 6.45. The van der Waals surface area contributed by atoms with Crippen LogP contribution in [0.3, 0.4) is 0 Å². The summed E-state index contributed by atoms with van der Waals surface area (Å²) in [5, 5.41) is 11.4. The van der Waals surface area contributed by atoms with Crippen LogP contribution in [-0.2, 0) is 4.79 Å². The van der Waals surface area contributed by atoms with Crippen LogP contribution >= 0.6 is 0 Å². The zero-order chi connectivity index (χ0) is 8.97. The van der Waals surface area contributed by atoms with Crippen LogP contribution in [0.2, 0.25) is 0 Å². The smallest absolute Gasteiger partial charge is 0.304 e. The first-order valence-electron chi connectivity index (χ1n) is 3.70. The summed E-state index contributed by atoms with van der Waals surface area (Å²) in [5.74, 6) is -0.106. The summed E-state index contributed by atoms with van der Waals surface area (Å²) in [7, 11) is -0.00652. The predicted octanol–water partition coefficient (Wildman–Crippen LogP) is -0.386. The summed E-state index contributed by atoms with van der Waals surface area (Å²) < 4.78 is 0. The largest absolute Gasteiger partial charge is 0.449 e. The highest BCUT2D eigenvalue weighted by atomic mass is 16.2. The van der Waals surface area contributed by atoms with Crippen molar-refractivity contribution in [3.05, 3.63) is 24.3 Å². The molecule has 1 aromatic rings. The lowest BCUT2D eigenvalue weighted by Gasteiger charge is -2.02. The molecule has 2 N–H and O–H groups in total. The van der Waals surface area contributed by atoms with Crippen LogP contribution in [0.1, 0.15) is 6.92 Å². The highest BCUT2D eigenvalue weighted by Crippen LogP contribution is 2.02. The van der Waals surface area contributed by atoms with Gasteiger partial charge in [0.15, 0.2) is 0 Å². The average Bonchev–Trinajstić information content (AvgIpc) is 2.03. The van der Waals surface area contributed by atoms with Gasteiger partial charge in [-0.25, -0.2) is 0 Å². The van der Waals surface area contributed by atoms with Gasteiger partial charge >= 0.3 is 7.48 Å². The first-order chi connectivity index (χ1) is 5.72. The summed E-state index contributed by atoms with van der Waals surface area (Å²) in [6.07, 6.45) is 0. The lowest BCUT2D eigenvalue weighted by Crippen LogP contribution is -2.15. The van der Waals surface area contributed by atoms with Gasteiger partial charge in [0.1, 0.15) is 0 Å². The number of anilines is 1. The Morgan fingerprint density at radius 3 is 2.92 bits per heavy atom. The quantitative estimate of drug-likeness (QED) is 0.583. The van der Waals surface area contributed by atoms with E-state index in [-0.39, 0.29) is 13.4 Å². The van der Waals surface area contributed by atoms with Crippen LogP contribution in [-0.4, -0.2) is 18.4 Å². The van der Waals surface area contributed by atoms with Crippen molar-refractivity contribution in [1.82, 2.24) is 0 Å². The second kappa shape index (κ2) is 3.92. The number of carbonyl (C=O) groups excluding carboxylic acids is 1. The minimum atomic E-state index is -0.106. The summed E-state index contributed by atoms with van der Waals surface area (Å²) in [5.41, 5.74) is 1.51. The van der Waals surface area contributed by atoms with Crippen molar-refractivity contribution in [3.63, 3.8) is 0 Å². The molecule has 0 atom stereocenters. The minimum Gasteiger partial charge on any atom is -0.449 e. The van der Waals surface area contributed by atoms with Gasteiger partial charge in [-0.05, 0) is 12.1 Å². The Morgan fingerprint density at radius 1 is 1.58 bits per heavy atom. The number of hydrogen-bond donors (Lipinski definition) is 2. The standard InChI is InChI=1S/C8H10BNO2/c1-6(11)10-8-4-2-3-7(5-8)9-12/h2-5,9,12H,1H3,(H,10,11). The summed E-state index contributed by atoms with van der Waals surface area (Å²) in [6.45, 7) is 1.45. The molecule has 0 unspecified atom stereocenters. The molecule has 3 nitrogen and oxygen atoms in total. The molecule has 12 heavy (non-hydrogen) atoms. The maximum absolute atomic E-state index is 10.6. The minimum absolute atomic E-state index is 0.00652. The molecule has 0 aromatic heterocycles. The van der Waals surface area contributed by atoms with Gasteiger partial charge in [0.2, 0.25) is 5.91 Å². The first-order valence-corrected chi connectivity index (χ1v) is 3.70. The number of hydrogen-bond acceptors (Lipinski definition) is 2. The molecule has 1 rings (SSSR count). The molecule has 4 heteroatoms. The molecule has 0 spiro atoms. The molecule has 0 aliphatic carbocycles. The van der Waals surface area contributed by atoms with Gasteiger partial charge in [0.05, 0.1) is 0 Å². The average molecular weight is 163 g/mol. The van der Waals surface area contributed by atoms with Crippen molar-refractivity contribution < 1.29 is 9.82 Å². The molecule has 0 heterocycles. The summed E-state index contributed by atoms with van der Waals surface area (Å²) >= 11 is 0. The SMILES string of the molecule is CC(=O)Nc1cccc(BO)c1. The van der Waals surface area contributed by atoms with E-state index in [1.165, 1.54) is 6.92 Å². The van der Waals surface area contributed by atoms with Crippen LogP contribution < -0.4 is 10.8 Å². The van der Waals surface area contributed by atoms with Crippen molar-refractivity contribution in [1.29, 1.82) is 0 Å². The molecule has 0 fully saturated rings. The van der Waals surface area contributed by atoms with Crippen molar-refractivity contribution in [3.8, 4) is 0 Å². The van der Waals surface area contributed by atoms with E-state index in [2.05, 4.69) is 5.32 Å². The van der Waals surface area contributed by atoms with Crippen LogP contribution in [0.4, 0.5) is 5.69 Å². The number of nitrogens with one attached hydrogen (secondary N) is 1. The topological polar surface area (TPSA) is 49.3 Å². The van der Waals surface area contributed by atoms with E-state index in [0.717, 1.165) is 5.46 Å². The molecule has 0 aliphatic rings. The molecular formula is C8H10BNO2. The molecule has 0 aliphatic heterocycles. The second-order valence-corrected chi connectivity index (χ2v) is 2.54. The third-order valence-corrected chi connectivity index (χ3v) is 1.43. The summed E-state index contributed by atoms with van der Waals surface area (Å²) in [4.78, 5) is 10.6. The number of amides is 1. The maximum Gasteiger partial charge on any atom is 0.304 e. The molecule has 0 radical (unpaired) electrons. The molecule has 1 amide bonds. The van der Waals surface area contributed by atoms with Crippen molar-refractivity contribution in [2.75, 3.05) is 5.32 Å². The molecule has 0 saturated carbocycles. The highest BCUT2D eigenvalue weighted by Gasteiger charge is 1.96. The van der Waals surface area contributed by atoms with Crippen LogP contribution in [0, 0.1) is 0 Å². The van der Waals surface area contributed by atoms with E-state index in [1.54, 1.807) is 24.3 Å². The van der Waals surface area contributed by atoms with Crippen LogP contribution in [0.15, 0.2) is 24.3 Å². The molecule has 62 valence electrons. The fourth-order valence-corrected chi connectivity index (χ4v) is 0.951. The van der Waals surface area contributed by atoms with Crippen molar-refractivity contribution in [2.45, 2.75) is 6.92 Å². The van der Waals surface area contributed by atoms with Gasteiger partial charge in [-0.2, -0.15) is 0 Å². The molecular weight excluding hydrogens is 153 g/mol. The van der Waals surface area contributed by atoms with Gasteiger partial charge in [-0.3, -0.25) is 4.79 Å². The molecule has 0 saturated heterocycles. The van der Waals surface area contributed by atoms with E-state index in [0.29, 0.717) is 5.69 Å². The monoisotopic (exact) mass is 163 g/mol. The predicted molar refractivity (Wildman–Crippen MR) is 49.7 cm³/mol. The Kier molecular flexibility index (Phi) is 2.88. The second-order valence-electron chi connectivity index (χ2n) is 2.54. The maximum atomic E-state index is 10.6. The fraction of sp³-hybridized carbons (Fsp3) is 0.125. The molecule has 1 aromatic carbocycles. The Labute approximate surface area is 71.7 Å². The third-order valence-electron chi connectivity index (χ3n) is 1.43. The molecule has 0 bridgehead atoms. The fourth-order valence-electron chi connectivity index (χ4n) is 0.951. The zero-order valence-electron chi connectivity index (χ0n) is 6.87. The number of carbonyl (C=O) groups is 1. The first kappa shape index (κ1) is 8.81. The number of rotatable bonds is 2. The normalized spacial score (nSPS) is 9.17. The third kappa shape index (κ3) is 2.40. The van der Waals surface area contributed by atoms with Crippen LogP contribution in [0.5, 0.6) is 0 Å². The Morgan fingerprint density at radius 2 is 2.33 bits per heavy atom. The lowest BCUT2D eigenvalue weighted by atomic mass is 9.89. The van der Waals surface area contributed by atoms with Crippen molar-refractivity contribution in [2.24, 2.45) is 0 Å². The lowest BCUT2D eigenvalue weighted by molar-refractivity contribution is -0.114. The van der Waals surface area contributed by atoms with E-state index >= 15 is 0 Å². The van der Waals surface area contributed by atoms with E-state index in [1.807, 2.05) is 0 Å². The Hall–Kier alpha value is -1.29. The van der Waals surface area contributed by atoms with E-state index in [4.69, 9.17) is 5.02 Å². The van der Waals surface area contributed by atoms with Gasteiger partial charge in [-0.1, -0.05) is 17.6 Å². The van der Waals surface area contributed by atoms with Gasteiger partial charge in [-0.15, -0.1) is 0 Å².